The Bertz CT molecular complexity index is 679. The van der Waals surface area contributed by atoms with Crippen LogP contribution in [0, 0.1) is 0 Å². The number of rotatable bonds is 7. The van der Waals surface area contributed by atoms with E-state index < -0.39 is 14.2 Å². The zero-order chi connectivity index (χ0) is 19.5. The smallest absolute Gasteiger partial charge is 0.313 e. The molecule has 1 fully saturated rings. The van der Waals surface area contributed by atoms with Gasteiger partial charge in [0.05, 0.1) is 0 Å². The topological polar surface area (TPSA) is 63.7 Å². The van der Waals surface area contributed by atoms with Crippen LogP contribution in [0.2, 0.25) is 18.1 Å². The molecule has 0 N–H and O–H groups in total. The monoisotopic (exact) mass is 375 g/mol. The second kappa shape index (κ2) is 7.74. The molecule has 1 aromatic carbocycles. The molecule has 1 saturated heterocycles. The number of nitrogens with zero attached hydrogens (tertiary/aromatic N) is 1. The van der Waals surface area contributed by atoms with E-state index in [0.717, 1.165) is 5.56 Å². The SMILES string of the molecule is CC(C)(C)[Si](C)(C)N1C(=O)CC1CC(=O)CC(=O)OCc1ccccc1. The summed E-state index contributed by atoms with van der Waals surface area (Å²) in [4.78, 5) is 36.3. The molecule has 6 heteroatoms. The molecular formula is C20H29NO4Si. The maximum absolute atomic E-state index is 12.3. The van der Waals surface area contributed by atoms with E-state index in [-0.39, 0.29) is 42.2 Å². The average molecular weight is 376 g/mol. The molecular weight excluding hydrogens is 346 g/mol. The van der Waals surface area contributed by atoms with Gasteiger partial charge in [0, 0.05) is 18.9 Å². The van der Waals surface area contributed by atoms with Gasteiger partial charge in [-0.1, -0.05) is 64.2 Å². The van der Waals surface area contributed by atoms with Crippen molar-refractivity contribution in [1.82, 2.24) is 4.57 Å². The highest BCUT2D eigenvalue weighted by molar-refractivity contribution is 6.80. The summed E-state index contributed by atoms with van der Waals surface area (Å²) in [5.74, 6) is -0.548. The Hall–Kier alpha value is -1.95. The highest BCUT2D eigenvalue weighted by Crippen LogP contribution is 2.43. The lowest BCUT2D eigenvalue weighted by Gasteiger charge is -2.54. The van der Waals surface area contributed by atoms with Gasteiger partial charge >= 0.3 is 5.97 Å². The molecule has 0 bridgehead atoms. The van der Waals surface area contributed by atoms with E-state index >= 15 is 0 Å². The van der Waals surface area contributed by atoms with Crippen molar-refractivity contribution in [2.24, 2.45) is 0 Å². The van der Waals surface area contributed by atoms with Crippen molar-refractivity contribution in [2.45, 2.75) is 70.8 Å². The Balaban J connectivity index is 1.85. The van der Waals surface area contributed by atoms with Crippen LogP contribution in [0.5, 0.6) is 0 Å². The van der Waals surface area contributed by atoms with Gasteiger partial charge in [-0.3, -0.25) is 14.4 Å². The molecule has 0 saturated carbocycles. The van der Waals surface area contributed by atoms with Crippen molar-refractivity contribution >= 4 is 25.9 Å². The quantitative estimate of drug-likeness (QED) is 0.316. The number of esters is 1. The maximum atomic E-state index is 12.3. The normalized spacial score (nSPS) is 17.7. The number of β-lactam (4-membered cyclic amide) rings is 1. The van der Waals surface area contributed by atoms with E-state index in [1.54, 1.807) is 0 Å². The van der Waals surface area contributed by atoms with Crippen molar-refractivity contribution in [3.63, 3.8) is 0 Å². The number of amides is 1. The van der Waals surface area contributed by atoms with Crippen LogP contribution >= 0.6 is 0 Å². The molecule has 1 amide bonds. The zero-order valence-electron chi connectivity index (χ0n) is 16.4. The van der Waals surface area contributed by atoms with Gasteiger partial charge < -0.3 is 9.30 Å². The van der Waals surface area contributed by atoms with Gasteiger partial charge in [0.15, 0.2) is 8.24 Å². The molecule has 26 heavy (non-hydrogen) atoms. The van der Waals surface area contributed by atoms with Crippen LogP contribution in [-0.4, -0.2) is 36.5 Å². The number of ether oxygens (including phenoxy) is 1. The number of carbonyl (C=O) groups excluding carboxylic acids is 3. The fourth-order valence-electron chi connectivity index (χ4n) is 3.06. The maximum Gasteiger partial charge on any atom is 0.313 e. The Morgan fingerprint density at radius 2 is 1.81 bits per heavy atom. The molecule has 1 aromatic rings. The number of Topliss-reactive ketones (excluding diaryl/α,β-unsaturated/α-hetero) is 1. The molecule has 1 aliphatic rings. The lowest BCUT2D eigenvalue weighted by Crippen LogP contribution is -2.68. The van der Waals surface area contributed by atoms with Gasteiger partial charge in [0.25, 0.3) is 0 Å². The summed E-state index contributed by atoms with van der Waals surface area (Å²) in [6, 6.07) is 9.30. The van der Waals surface area contributed by atoms with Crippen molar-refractivity contribution in [2.75, 3.05) is 0 Å². The van der Waals surface area contributed by atoms with E-state index in [4.69, 9.17) is 4.74 Å². The van der Waals surface area contributed by atoms with E-state index in [9.17, 15) is 14.4 Å². The summed E-state index contributed by atoms with van der Waals surface area (Å²) < 4.78 is 7.11. The summed E-state index contributed by atoms with van der Waals surface area (Å²) in [7, 11) is -2.00. The third-order valence-corrected chi connectivity index (χ3v) is 11.0. The molecule has 1 unspecified atom stereocenters. The Morgan fingerprint density at radius 3 is 2.35 bits per heavy atom. The van der Waals surface area contributed by atoms with Crippen LogP contribution < -0.4 is 0 Å². The number of hydrogen-bond donors (Lipinski definition) is 0. The lowest BCUT2D eigenvalue weighted by molar-refractivity contribution is -0.147. The van der Waals surface area contributed by atoms with Crippen LogP contribution in [0.1, 0.15) is 45.6 Å². The first-order valence-electron chi connectivity index (χ1n) is 9.06. The van der Waals surface area contributed by atoms with Crippen molar-refractivity contribution in [3.05, 3.63) is 35.9 Å². The van der Waals surface area contributed by atoms with Crippen LogP contribution in [0.3, 0.4) is 0 Å². The van der Waals surface area contributed by atoms with Gasteiger partial charge in [0.1, 0.15) is 18.8 Å². The Labute approximate surface area is 156 Å². The first-order chi connectivity index (χ1) is 12.0. The van der Waals surface area contributed by atoms with Gasteiger partial charge in [0.2, 0.25) is 5.91 Å². The van der Waals surface area contributed by atoms with E-state index in [0.29, 0.717) is 6.42 Å². The Morgan fingerprint density at radius 1 is 1.19 bits per heavy atom. The predicted octanol–water partition coefficient (Wildman–Crippen LogP) is 3.69. The van der Waals surface area contributed by atoms with Gasteiger partial charge in [-0.05, 0) is 10.6 Å². The van der Waals surface area contributed by atoms with Gasteiger partial charge in [-0.15, -0.1) is 0 Å². The first-order valence-corrected chi connectivity index (χ1v) is 12.0. The molecule has 142 valence electrons. The fraction of sp³-hybridized carbons (Fsp3) is 0.550. The van der Waals surface area contributed by atoms with E-state index in [2.05, 4.69) is 33.9 Å². The third-order valence-electron chi connectivity index (χ3n) is 5.53. The highest BCUT2D eigenvalue weighted by atomic mass is 28.3. The number of ketones is 1. The summed E-state index contributed by atoms with van der Waals surface area (Å²) in [5, 5.41) is 0.0268. The van der Waals surface area contributed by atoms with Gasteiger partial charge in [-0.25, -0.2) is 0 Å². The van der Waals surface area contributed by atoms with Crippen LogP contribution in [0.15, 0.2) is 30.3 Å². The van der Waals surface area contributed by atoms with Crippen LogP contribution in [0.4, 0.5) is 0 Å². The van der Waals surface area contributed by atoms with Crippen molar-refractivity contribution < 1.29 is 19.1 Å². The second-order valence-corrected chi connectivity index (χ2v) is 13.6. The molecule has 1 aliphatic heterocycles. The molecule has 0 radical (unpaired) electrons. The number of hydrogen-bond acceptors (Lipinski definition) is 4. The Kier molecular flexibility index (Phi) is 6.06. The number of carbonyl (C=O) groups is 3. The summed E-state index contributed by atoms with van der Waals surface area (Å²) >= 11 is 0. The molecule has 5 nitrogen and oxygen atoms in total. The molecule has 1 heterocycles. The fourth-order valence-corrected chi connectivity index (χ4v) is 5.59. The lowest BCUT2D eigenvalue weighted by atomic mass is 9.99. The van der Waals surface area contributed by atoms with Crippen LogP contribution in [0.25, 0.3) is 0 Å². The molecule has 1 atom stereocenters. The van der Waals surface area contributed by atoms with Crippen molar-refractivity contribution in [3.8, 4) is 0 Å². The third kappa shape index (κ3) is 4.61. The van der Waals surface area contributed by atoms with Crippen LogP contribution in [-0.2, 0) is 25.7 Å². The minimum atomic E-state index is -2.00. The summed E-state index contributed by atoms with van der Waals surface area (Å²) in [6.07, 6.45) is 0.402. The van der Waals surface area contributed by atoms with E-state index in [1.807, 2.05) is 34.9 Å². The average Bonchev–Trinajstić information content (AvgIpc) is 2.51. The molecule has 2 rings (SSSR count). The molecule has 0 aliphatic carbocycles. The van der Waals surface area contributed by atoms with Crippen molar-refractivity contribution in [1.29, 1.82) is 0 Å². The summed E-state index contributed by atoms with van der Waals surface area (Å²) in [5.41, 5.74) is 0.891. The molecule has 0 aromatic heterocycles. The van der Waals surface area contributed by atoms with Gasteiger partial charge in [-0.2, -0.15) is 0 Å². The minimum Gasteiger partial charge on any atom is -0.460 e. The zero-order valence-corrected chi connectivity index (χ0v) is 17.4. The first kappa shape index (κ1) is 20.4. The number of benzene rings is 1. The predicted molar refractivity (Wildman–Crippen MR) is 103 cm³/mol. The van der Waals surface area contributed by atoms with E-state index in [1.165, 1.54) is 0 Å². The minimum absolute atomic E-state index is 0.0268. The second-order valence-electron chi connectivity index (χ2n) is 8.50. The molecule has 0 spiro atoms. The summed E-state index contributed by atoms with van der Waals surface area (Å²) in [6.45, 7) is 10.9. The highest BCUT2D eigenvalue weighted by Gasteiger charge is 2.51. The largest absolute Gasteiger partial charge is 0.460 e. The standard InChI is InChI=1S/C20H29NO4Si/c1-20(2,3)26(4,5)21-16(12-18(21)23)11-17(22)13-19(24)25-14-15-9-7-6-8-10-15/h6-10,16H,11-14H2,1-5H3.